The molecule has 0 spiro atoms. The minimum Gasteiger partial charge on any atom is -0.356 e. The number of nitrogens with zero attached hydrogens (tertiary/aromatic N) is 5. The molecule has 168 valence electrons. The molecular weight excluding hydrogens is 407 g/mol. The molecule has 2 heterocycles. The first-order valence-electron chi connectivity index (χ1n) is 10.3. The molecule has 31 heavy (non-hydrogen) atoms. The van der Waals surface area contributed by atoms with Crippen molar-refractivity contribution in [1.29, 1.82) is 0 Å². The second-order valence-corrected chi connectivity index (χ2v) is 7.28. The van der Waals surface area contributed by atoms with Gasteiger partial charge in [-0.15, -0.1) is 0 Å². The summed E-state index contributed by atoms with van der Waals surface area (Å²) in [6.45, 7) is 5.91. The second-order valence-electron chi connectivity index (χ2n) is 7.28. The van der Waals surface area contributed by atoms with Crippen LogP contribution in [-0.2, 0) is 12.7 Å². The molecule has 7 nitrogen and oxygen atoms in total. The van der Waals surface area contributed by atoms with Crippen molar-refractivity contribution in [3.8, 4) is 0 Å². The van der Waals surface area contributed by atoms with E-state index in [-0.39, 0.29) is 0 Å². The van der Waals surface area contributed by atoms with Crippen LogP contribution in [0.15, 0.2) is 47.7 Å². The molecule has 0 saturated carbocycles. The summed E-state index contributed by atoms with van der Waals surface area (Å²) in [6.07, 6.45) is 0.173. The van der Waals surface area contributed by atoms with Crippen molar-refractivity contribution in [3.63, 3.8) is 0 Å². The molecule has 1 aliphatic rings. The molecule has 0 bridgehead atoms. The maximum absolute atomic E-state index is 12.6. The summed E-state index contributed by atoms with van der Waals surface area (Å²) in [5, 5.41) is 6.38. The van der Waals surface area contributed by atoms with Gasteiger partial charge in [-0.3, -0.25) is 9.89 Å². The molecule has 1 saturated heterocycles. The number of alkyl halides is 3. The Bertz CT molecular complexity index is 817. The maximum Gasteiger partial charge on any atom is 0.416 e. The molecule has 2 aromatic rings. The number of anilines is 1. The molecule has 1 fully saturated rings. The Balaban J connectivity index is 1.32. The highest BCUT2D eigenvalue weighted by Gasteiger charge is 2.29. The Labute approximate surface area is 180 Å². The monoisotopic (exact) mass is 435 g/mol. The Hall–Kier alpha value is -2.88. The van der Waals surface area contributed by atoms with Crippen LogP contribution in [0.4, 0.5) is 19.1 Å². The molecule has 10 heteroatoms. The van der Waals surface area contributed by atoms with Gasteiger partial charge < -0.3 is 15.5 Å². The third kappa shape index (κ3) is 7.09. The largest absolute Gasteiger partial charge is 0.416 e. The number of halogens is 3. The summed E-state index contributed by atoms with van der Waals surface area (Å²) in [7, 11) is 1.67. The summed E-state index contributed by atoms with van der Waals surface area (Å²) < 4.78 is 37.9. The van der Waals surface area contributed by atoms with E-state index in [1.165, 1.54) is 12.1 Å². The van der Waals surface area contributed by atoms with Gasteiger partial charge in [0.25, 0.3) is 0 Å². The third-order valence-corrected chi connectivity index (χ3v) is 5.12. The van der Waals surface area contributed by atoms with E-state index in [2.05, 4.69) is 35.4 Å². The summed E-state index contributed by atoms with van der Waals surface area (Å²) in [6, 6.07) is 6.96. The predicted molar refractivity (Wildman–Crippen MR) is 115 cm³/mol. The fourth-order valence-corrected chi connectivity index (χ4v) is 3.35. The molecule has 3 rings (SSSR count). The standard InChI is InChI=1S/C21H28F3N7/c1-25-19(29-16-17-4-6-18(7-5-17)21(22,23)24)26-10-3-11-30-12-14-31(15-13-30)20-27-8-2-9-28-20/h2,4-9H,3,10-16H2,1H3,(H2,25,26,29). The van der Waals surface area contributed by atoms with Crippen LogP contribution in [0.2, 0.25) is 0 Å². The Morgan fingerprint density at radius 2 is 1.71 bits per heavy atom. The first kappa shape index (κ1) is 22.8. The van der Waals surface area contributed by atoms with Crippen LogP contribution in [0.5, 0.6) is 0 Å². The van der Waals surface area contributed by atoms with Gasteiger partial charge in [-0.05, 0) is 36.7 Å². The van der Waals surface area contributed by atoms with E-state index in [0.29, 0.717) is 12.5 Å². The minimum atomic E-state index is -4.31. The summed E-state index contributed by atoms with van der Waals surface area (Å²) in [4.78, 5) is 17.4. The third-order valence-electron chi connectivity index (χ3n) is 5.12. The Morgan fingerprint density at radius 3 is 2.32 bits per heavy atom. The van der Waals surface area contributed by atoms with Gasteiger partial charge in [-0.2, -0.15) is 13.2 Å². The van der Waals surface area contributed by atoms with Crippen molar-refractivity contribution in [2.75, 3.05) is 51.2 Å². The van der Waals surface area contributed by atoms with Gasteiger partial charge in [-0.1, -0.05) is 12.1 Å². The minimum absolute atomic E-state index is 0.404. The zero-order chi connectivity index (χ0) is 22.1. The number of guanidine groups is 1. The number of aromatic nitrogens is 2. The fourth-order valence-electron chi connectivity index (χ4n) is 3.35. The van der Waals surface area contributed by atoms with Gasteiger partial charge in [0, 0.05) is 58.7 Å². The molecule has 0 unspecified atom stereocenters. The summed E-state index contributed by atoms with van der Waals surface area (Å²) in [5.41, 5.74) is 0.118. The smallest absolute Gasteiger partial charge is 0.356 e. The van der Waals surface area contributed by atoms with Gasteiger partial charge in [-0.25, -0.2) is 9.97 Å². The SMILES string of the molecule is CN=C(NCCCN1CCN(c2ncccn2)CC1)NCc1ccc(C(F)(F)F)cc1. The molecule has 1 aliphatic heterocycles. The number of hydrogen-bond donors (Lipinski definition) is 2. The second kappa shape index (κ2) is 10.9. The number of benzene rings is 1. The molecule has 1 aromatic heterocycles. The molecule has 0 atom stereocenters. The topological polar surface area (TPSA) is 68.7 Å². The summed E-state index contributed by atoms with van der Waals surface area (Å²) in [5.74, 6) is 1.41. The van der Waals surface area contributed by atoms with Crippen molar-refractivity contribution in [2.45, 2.75) is 19.1 Å². The predicted octanol–water partition coefficient (Wildman–Crippen LogP) is 2.37. The highest BCUT2D eigenvalue weighted by Crippen LogP contribution is 2.29. The zero-order valence-electron chi connectivity index (χ0n) is 17.6. The van der Waals surface area contributed by atoms with Crippen LogP contribution < -0.4 is 15.5 Å². The van der Waals surface area contributed by atoms with E-state index in [4.69, 9.17) is 0 Å². The highest BCUT2D eigenvalue weighted by atomic mass is 19.4. The summed E-state index contributed by atoms with van der Waals surface area (Å²) >= 11 is 0. The van der Waals surface area contributed by atoms with Gasteiger partial charge in [0.05, 0.1) is 5.56 Å². The lowest BCUT2D eigenvalue weighted by Gasteiger charge is -2.34. The van der Waals surface area contributed by atoms with Crippen LogP contribution >= 0.6 is 0 Å². The Morgan fingerprint density at radius 1 is 1.03 bits per heavy atom. The normalized spacial score (nSPS) is 15.7. The fraction of sp³-hybridized carbons (Fsp3) is 0.476. The van der Waals surface area contributed by atoms with Gasteiger partial charge in [0.1, 0.15) is 0 Å². The lowest BCUT2D eigenvalue weighted by molar-refractivity contribution is -0.137. The van der Waals surface area contributed by atoms with E-state index in [0.717, 1.165) is 69.3 Å². The van der Waals surface area contributed by atoms with Crippen molar-refractivity contribution >= 4 is 11.9 Å². The van der Waals surface area contributed by atoms with Crippen LogP contribution in [-0.4, -0.2) is 67.1 Å². The number of piperazine rings is 1. The van der Waals surface area contributed by atoms with E-state index >= 15 is 0 Å². The van der Waals surface area contributed by atoms with Crippen molar-refractivity contribution in [1.82, 2.24) is 25.5 Å². The average Bonchev–Trinajstić information content (AvgIpc) is 2.79. The maximum atomic E-state index is 12.6. The molecule has 0 radical (unpaired) electrons. The first-order chi connectivity index (χ1) is 15.0. The average molecular weight is 435 g/mol. The first-order valence-corrected chi connectivity index (χ1v) is 10.3. The van der Waals surface area contributed by atoms with E-state index in [1.807, 2.05) is 6.07 Å². The van der Waals surface area contributed by atoms with E-state index in [1.54, 1.807) is 19.4 Å². The van der Waals surface area contributed by atoms with Crippen molar-refractivity contribution in [2.24, 2.45) is 4.99 Å². The van der Waals surface area contributed by atoms with Gasteiger partial charge in [0.15, 0.2) is 5.96 Å². The van der Waals surface area contributed by atoms with E-state index in [9.17, 15) is 13.2 Å². The zero-order valence-corrected chi connectivity index (χ0v) is 17.6. The number of aliphatic imine (C=N–C) groups is 1. The van der Waals surface area contributed by atoms with E-state index < -0.39 is 11.7 Å². The number of rotatable bonds is 7. The molecular formula is C21H28F3N7. The van der Waals surface area contributed by atoms with Crippen LogP contribution in [0.25, 0.3) is 0 Å². The van der Waals surface area contributed by atoms with Crippen LogP contribution in [0.1, 0.15) is 17.5 Å². The van der Waals surface area contributed by atoms with Crippen LogP contribution in [0, 0.1) is 0 Å². The number of hydrogen-bond acceptors (Lipinski definition) is 5. The quantitative estimate of drug-likeness (QED) is 0.396. The van der Waals surface area contributed by atoms with Crippen LogP contribution in [0.3, 0.4) is 0 Å². The van der Waals surface area contributed by atoms with Crippen molar-refractivity contribution in [3.05, 3.63) is 53.9 Å². The lowest BCUT2D eigenvalue weighted by Crippen LogP contribution is -2.47. The number of nitrogens with one attached hydrogen (secondary N) is 2. The van der Waals surface area contributed by atoms with Crippen molar-refractivity contribution < 1.29 is 13.2 Å². The molecule has 0 aliphatic carbocycles. The molecule has 2 N–H and O–H groups in total. The molecule has 1 aromatic carbocycles. The van der Waals surface area contributed by atoms with Gasteiger partial charge in [0.2, 0.25) is 5.95 Å². The molecule has 0 amide bonds. The highest BCUT2D eigenvalue weighted by molar-refractivity contribution is 5.79. The Kier molecular flexibility index (Phi) is 8.05. The van der Waals surface area contributed by atoms with Gasteiger partial charge >= 0.3 is 6.18 Å². The lowest BCUT2D eigenvalue weighted by atomic mass is 10.1.